The fourth-order valence-electron chi connectivity index (χ4n) is 2.57. The lowest BCUT2D eigenvalue weighted by Crippen LogP contribution is -2.44. The quantitative estimate of drug-likeness (QED) is 0.679. The highest BCUT2D eigenvalue weighted by atomic mass is 32.2. The molecule has 2 atom stereocenters. The molecule has 2 bridgehead atoms. The minimum atomic E-state index is -0.425. The van der Waals surface area contributed by atoms with Gasteiger partial charge in [-0.15, -0.1) is 11.8 Å². The van der Waals surface area contributed by atoms with Gasteiger partial charge in [0, 0.05) is 12.5 Å². The van der Waals surface area contributed by atoms with E-state index in [1.807, 2.05) is 25.7 Å². The molecule has 0 N–H and O–H groups in total. The Labute approximate surface area is 113 Å². The van der Waals surface area contributed by atoms with E-state index in [2.05, 4.69) is 11.2 Å². The summed E-state index contributed by atoms with van der Waals surface area (Å²) in [7, 11) is 0. The predicted octanol–water partition coefficient (Wildman–Crippen LogP) is 2.92. The van der Waals surface area contributed by atoms with E-state index in [1.165, 1.54) is 0 Å². The van der Waals surface area contributed by atoms with Crippen LogP contribution in [0.5, 0.6) is 0 Å². The summed E-state index contributed by atoms with van der Waals surface area (Å²) in [6.07, 6.45) is 4.89. The Kier molecular flexibility index (Phi) is 3.90. The van der Waals surface area contributed by atoms with Gasteiger partial charge in [-0.1, -0.05) is 0 Å². The van der Waals surface area contributed by atoms with Crippen molar-refractivity contribution in [3.8, 4) is 0 Å². The van der Waals surface area contributed by atoms with Crippen LogP contribution in [0.25, 0.3) is 0 Å². The summed E-state index contributed by atoms with van der Waals surface area (Å²) in [5, 5.41) is 1.16. The Balaban J connectivity index is 2.09. The van der Waals surface area contributed by atoms with Crippen LogP contribution in [0.1, 0.15) is 40.0 Å². The number of hydrogen-bond donors (Lipinski definition) is 0. The van der Waals surface area contributed by atoms with Gasteiger partial charge in [-0.2, -0.15) is 0 Å². The normalized spacial score (nSPS) is 27.8. The second-order valence-corrected chi connectivity index (χ2v) is 6.79. The first-order valence-electron chi connectivity index (χ1n) is 6.49. The molecule has 0 aromatic heterocycles. The molecule has 18 heavy (non-hydrogen) atoms. The molecule has 2 unspecified atom stereocenters. The standard InChI is InChI=1S/C13H22N2O2S/c1-13(2,3)17-12(16)15-9-5-6-10(15)8-14-11(7-9)18-4/h9-10H,5-8H2,1-4H3. The molecule has 0 aromatic carbocycles. The van der Waals surface area contributed by atoms with Crippen molar-refractivity contribution in [2.45, 2.75) is 57.7 Å². The zero-order valence-electron chi connectivity index (χ0n) is 11.6. The first-order valence-corrected chi connectivity index (χ1v) is 7.72. The average molecular weight is 270 g/mol. The zero-order valence-corrected chi connectivity index (χ0v) is 12.4. The molecule has 0 aromatic rings. The highest BCUT2D eigenvalue weighted by molar-refractivity contribution is 8.13. The molecule has 0 saturated carbocycles. The molecular weight excluding hydrogens is 248 g/mol. The maximum Gasteiger partial charge on any atom is 0.410 e. The highest BCUT2D eigenvalue weighted by Gasteiger charge is 2.40. The van der Waals surface area contributed by atoms with Crippen LogP contribution >= 0.6 is 11.8 Å². The molecule has 4 nitrogen and oxygen atoms in total. The third-order valence-electron chi connectivity index (χ3n) is 3.35. The van der Waals surface area contributed by atoms with Crippen LogP contribution in [0.15, 0.2) is 4.99 Å². The van der Waals surface area contributed by atoms with E-state index in [-0.39, 0.29) is 18.2 Å². The lowest BCUT2D eigenvalue weighted by atomic mass is 10.1. The monoisotopic (exact) mass is 270 g/mol. The van der Waals surface area contributed by atoms with Gasteiger partial charge in [0.05, 0.1) is 17.6 Å². The van der Waals surface area contributed by atoms with Gasteiger partial charge in [0.15, 0.2) is 0 Å². The van der Waals surface area contributed by atoms with Gasteiger partial charge in [-0.25, -0.2) is 4.79 Å². The number of thioether (sulfide) groups is 1. The topological polar surface area (TPSA) is 41.9 Å². The highest BCUT2D eigenvalue weighted by Crippen LogP contribution is 2.32. The van der Waals surface area contributed by atoms with Crippen molar-refractivity contribution >= 4 is 22.9 Å². The summed E-state index contributed by atoms with van der Waals surface area (Å²) >= 11 is 1.70. The zero-order chi connectivity index (χ0) is 13.3. The van der Waals surface area contributed by atoms with Crippen LogP contribution in [-0.4, -0.2) is 46.5 Å². The molecule has 2 aliphatic rings. The van der Waals surface area contributed by atoms with Crippen molar-refractivity contribution in [3.63, 3.8) is 0 Å². The minimum Gasteiger partial charge on any atom is -0.444 e. The van der Waals surface area contributed by atoms with Crippen LogP contribution in [-0.2, 0) is 4.74 Å². The third kappa shape index (κ3) is 2.99. The van der Waals surface area contributed by atoms with Crippen molar-refractivity contribution in [2.75, 3.05) is 12.8 Å². The summed E-state index contributed by atoms with van der Waals surface area (Å²) in [6, 6.07) is 0.507. The molecule has 5 heteroatoms. The smallest absolute Gasteiger partial charge is 0.410 e. The van der Waals surface area contributed by atoms with Crippen LogP contribution in [0.4, 0.5) is 4.79 Å². The van der Waals surface area contributed by atoms with E-state index in [1.54, 1.807) is 11.8 Å². The van der Waals surface area contributed by atoms with Gasteiger partial charge in [0.25, 0.3) is 0 Å². The first-order chi connectivity index (χ1) is 8.40. The van der Waals surface area contributed by atoms with E-state index in [9.17, 15) is 4.79 Å². The second kappa shape index (κ2) is 5.11. The number of amides is 1. The van der Waals surface area contributed by atoms with Crippen molar-refractivity contribution in [1.29, 1.82) is 0 Å². The van der Waals surface area contributed by atoms with Crippen LogP contribution in [0.3, 0.4) is 0 Å². The lowest BCUT2D eigenvalue weighted by molar-refractivity contribution is 0.0164. The number of fused-ring (bicyclic) bond motifs is 2. The SMILES string of the molecule is CSC1=NCC2CCC(C1)N2C(=O)OC(C)(C)C. The predicted molar refractivity (Wildman–Crippen MR) is 75.3 cm³/mol. The van der Waals surface area contributed by atoms with Gasteiger partial charge in [0.1, 0.15) is 5.60 Å². The number of rotatable bonds is 0. The van der Waals surface area contributed by atoms with Gasteiger partial charge >= 0.3 is 6.09 Å². The van der Waals surface area contributed by atoms with Gasteiger partial charge in [-0.3, -0.25) is 9.89 Å². The van der Waals surface area contributed by atoms with Gasteiger partial charge < -0.3 is 4.74 Å². The number of carbonyl (C=O) groups excluding carboxylic acids is 1. The Morgan fingerprint density at radius 1 is 1.39 bits per heavy atom. The molecule has 2 rings (SSSR count). The Morgan fingerprint density at radius 2 is 2.06 bits per heavy atom. The maximum absolute atomic E-state index is 12.3. The summed E-state index contributed by atoms with van der Waals surface area (Å²) in [4.78, 5) is 18.8. The largest absolute Gasteiger partial charge is 0.444 e. The van der Waals surface area contributed by atoms with E-state index in [4.69, 9.17) is 4.74 Å². The molecule has 1 fully saturated rings. The second-order valence-electron chi connectivity index (χ2n) is 5.92. The average Bonchev–Trinajstić information content (AvgIpc) is 2.51. The molecule has 0 aliphatic carbocycles. The number of hydrogen-bond acceptors (Lipinski definition) is 4. The molecule has 1 amide bonds. The van der Waals surface area contributed by atoms with Crippen molar-refractivity contribution < 1.29 is 9.53 Å². The van der Waals surface area contributed by atoms with E-state index in [0.29, 0.717) is 0 Å². The van der Waals surface area contributed by atoms with E-state index < -0.39 is 5.60 Å². The number of nitrogens with zero attached hydrogens (tertiary/aromatic N) is 2. The van der Waals surface area contributed by atoms with Crippen LogP contribution in [0, 0.1) is 0 Å². The summed E-state index contributed by atoms with van der Waals surface area (Å²) in [5.74, 6) is 0. The fourth-order valence-corrected chi connectivity index (χ4v) is 3.14. The molecule has 2 heterocycles. The van der Waals surface area contributed by atoms with Crippen molar-refractivity contribution in [3.05, 3.63) is 0 Å². The van der Waals surface area contributed by atoms with Gasteiger partial charge in [-0.05, 0) is 39.9 Å². The van der Waals surface area contributed by atoms with Crippen LogP contribution in [0.2, 0.25) is 0 Å². The van der Waals surface area contributed by atoms with Crippen molar-refractivity contribution in [2.24, 2.45) is 4.99 Å². The van der Waals surface area contributed by atoms with E-state index in [0.717, 1.165) is 30.9 Å². The molecular formula is C13H22N2O2S. The number of ether oxygens (including phenoxy) is 1. The molecule has 0 spiro atoms. The van der Waals surface area contributed by atoms with Crippen LogP contribution < -0.4 is 0 Å². The fraction of sp³-hybridized carbons (Fsp3) is 0.846. The minimum absolute atomic E-state index is 0.174. The van der Waals surface area contributed by atoms with Gasteiger partial charge in [0.2, 0.25) is 0 Å². The Hall–Kier alpha value is -0.710. The lowest BCUT2D eigenvalue weighted by Gasteiger charge is -2.30. The van der Waals surface area contributed by atoms with Crippen molar-refractivity contribution in [1.82, 2.24) is 4.90 Å². The Bertz CT molecular complexity index is 362. The molecule has 1 saturated heterocycles. The van der Waals surface area contributed by atoms with E-state index >= 15 is 0 Å². The summed E-state index contributed by atoms with van der Waals surface area (Å²) in [6.45, 7) is 6.46. The third-order valence-corrected chi connectivity index (χ3v) is 4.12. The Morgan fingerprint density at radius 3 is 2.67 bits per heavy atom. The molecule has 0 radical (unpaired) electrons. The first kappa shape index (κ1) is 13.7. The number of carbonyl (C=O) groups is 1. The molecule has 2 aliphatic heterocycles. The maximum atomic E-state index is 12.3. The summed E-state index contributed by atoms with van der Waals surface area (Å²) in [5.41, 5.74) is -0.425. The summed E-state index contributed by atoms with van der Waals surface area (Å²) < 4.78 is 5.51. The number of aliphatic imine (C=N–C) groups is 1. The molecule has 102 valence electrons.